The number of carbonyl (C=O) groups is 1. The molecule has 1 saturated heterocycles. The minimum Gasteiger partial charge on any atom is -0.475 e. The van der Waals surface area contributed by atoms with Gasteiger partial charge in [-0.1, -0.05) is 5.21 Å². The fraction of sp³-hybridized carbons (Fsp3) is 0.474. The van der Waals surface area contributed by atoms with Crippen LogP contribution in [0.4, 0.5) is 19.0 Å². The van der Waals surface area contributed by atoms with Gasteiger partial charge in [0.15, 0.2) is 5.82 Å². The van der Waals surface area contributed by atoms with E-state index in [0.717, 1.165) is 44.1 Å². The summed E-state index contributed by atoms with van der Waals surface area (Å²) in [4.78, 5) is 19.9. The first kappa shape index (κ1) is 24.1. The quantitative estimate of drug-likeness (QED) is 0.575. The van der Waals surface area contributed by atoms with Gasteiger partial charge in [-0.15, -0.1) is 5.10 Å². The van der Waals surface area contributed by atoms with Gasteiger partial charge in [-0.3, -0.25) is 4.68 Å². The molecule has 0 bridgehead atoms. The SMILES string of the molecule is CC(O)c1cn(CC2CCN(c3cc(-n4cccn4)ncn3)CC2)nn1.O=C(O)C(F)(F)F. The lowest BCUT2D eigenvalue weighted by molar-refractivity contribution is -0.192. The van der Waals surface area contributed by atoms with Gasteiger partial charge in [-0.2, -0.15) is 18.3 Å². The van der Waals surface area contributed by atoms with Crippen LogP contribution in [0.2, 0.25) is 0 Å². The summed E-state index contributed by atoms with van der Waals surface area (Å²) in [5.74, 6) is -0.508. The second-order valence-electron chi connectivity index (χ2n) is 7.46. The third-order valence-electron chi connectivity index (χ3n) is 4.99. The molecule has 0 spiro atoms. The average Bonchev–Trinajstić information content (AvgIpc) is 3.47. The van der Waals surface area contributed by atoms with Crippen molar-refractivity contribution in [2.75, 3.05) is 18.0 Å². The Hall–Kier alpha value is -3.55. The van der Waals surface area contributed by atoms with Gasteiger partial charge < -0.3 is 15.1 Å². The van der Waals surface area contributed by atoms with E-state index in [9.17, 15) is 18.3 Å². The first-order chi connectivity index (χ1) is 15.6. The van der Waals surface area contributed by atoms with Crippen molar-refractivity contribution in [3.8, 4) is 5.82 Å². The first-order valence-electron chi connectivity index (χ1n) is 10.1. The number of aliphatic hydroxyl groups is 1. The molecule has 14 heteroatoms. The molecule has 1 unspecified atom stereocenters. The van der Waals surface area contributed by atoms with Crippen LogP contribution < -0.4 is 4.90 Å². The van der Waals surface area contributed by atoms with Crippen LogP contribution in [0.1, 0.15) is 31.6 Å². The highest BCUT2D eigenvalue weighted by Crippen LogP contribution is 2.24. The van der Waals surface area contributed by atoms with Gasteiger partial charge in [0.05, 0.1) is 12.3 Å². The Morgan fingerprint density at radius 1 is 1.24 bits per heavy atom. The van der Waals surface area contributed by atoms with Crippen LogP contribution >= 0.6 is 0 Å². The molecule has 0 aromatic carbocycles. The van der Waals surface area contributed by atoms with Crippen molar-refractivity contribution in [2.24, 2.45) is 5.92 Å². The number of carboxylic acids is 1. The van der Waals surface area contributed by atoms with Crippen LogP contribution in [0.5, 0.6) is 0 Å². The maximum absolute atomic E-state index is 10.6. The van der Waals surface area contributed by atoms with Crippen LogP contribution in [-0.2, 0) is 11.3 Å². The highest BCUT2D eigenvalue weighted by molar-refractivity contribution is 5.73. The lowest BCUT2D eigenvalue weighted by atomic mass is 9.97. The zero-order valence-corrected chi connectivity index (χ0v) is 17.7. The van der Waals surface area contributed by atoms with Crippen molar-refractivity contribution in [1.82, 2.24) is 34.7 Å². The van der Waals surface area contributed by atoms with E-state index in [-0.39, 0.29) is 0 Å². The van der Waals surface area contributed by atoms with Gasteiger partial charge in [0.25, 0.3) is 0 Å². The second-order valence-corrected chi connectivity index (χ2v) is 7.46. The van der Waals surface area contributed by atoms with Gasteiger partial charge in [0.1, 0.15) is 17.8 Å². The molecular weight excluding hydrogens is 445 g/mol. The Bertz CT molecular complexity index is 1030. The Morgan fingerprint density at radius 3 is 2.45 bits per heavy atom. The summed E-state index contributed by atoms with van der Waals surface area (Å²) in [5, 5.41) is 29.0. The molecule has 0 saturated carbocycles. The maximum atomic E-state index is 10.6. The van der Waals surface area contributed by atoms with Crippen molar-refractivity contribution >= 4 is 11.8 Å². The summed E-state index contributed by atoms with van der Waals surface area (Å²) in [7, 11) is 0. The number of halogens is 3. The molecule has 4 heterocycles. The number of piperidine rings is 1. The van der Waals surface area contributed by atoms with Crippen LogP contribution in [0.15, 0.2) is 37.1 Å². The molecule has 3 aromatic heterocycles. The Labute approximate surface area is 186 Å². The summed E-state index contributed by atoms with van der Waals surface area (Å²) >= 11 is 0. The molecule has 3 aromatic rings. The zero-order valence-electron chi connectivity index (χ0n) is 17.7. The van der Waals surface area contributed by atoms with Crippen LogP contribution in [0.25, 0.3) is 5.82 Å². The van der Waals surface area contributed by atoms with E-state index in [1.54, 1.807) is 24.1 Å². The molecule has 178 valence electrons. The number of rotatable bonds is 5. The predicted octanol–water partition coefficient (Wildman–Crippen LogP) is 1.86. The Morgan fingerprint density at radius 2 is 1.91 bits per heavy atom. The van der Waals surface area contributed by atoms with E-state index >= 15 is 0 Å². The highest BCUT2D eigenvalue weighted by Gasteiger charge is 2.38. The second kappa shape index (κ2) is 10.4. The van der Waals surface area contributed by atoms with Crippen molar-refractivity contribution < 1.29 is 28.2 Å². The fourth-order valence-corrected chi connectivity index (χ4v) is 3.24. The minimum absolute atomic E-state index is 0.544. The molecule has 1 aliphatic rings. The number of aromatic nitrogens is 7. The van der Waals surface area contributed by atoms with E-state index in [2.05, 4.69) is 30.3 Å². The molecular formula is C19H23F3N8O3. The van der Waals surface area contributed by atoms with Gasteiger partial charge in [-0.25, -0.2) is 19.4 Å². The summed E-state index contributed by atoms with van der Waals surface area (Å²) in [6, 6.07) is 3.85. The average molecular weight is 468 g/mol. The number of hydrogen-bond acceptors (Lipinski definition) is 8. The third kappa shape index (κ3) is 6.71. The summed E-state index contributed by atoms with van der Waals surface area (Å²) in [6.45, 7) is 4.41. The standard InChI is InChI=1S/C17H22N8O.C2HF3O2/c1-13(26)15-11-24(22-21-15)10-14-3-7-23(8-4-14)16-9-17(19-12-18-16)25-6-2-5-20-25;3-2(4,5)1(6)7/h2,5-6,9,11-14,26H,3-4,7-8,10H2,1H3;(H,6,7). The monoisotopic (exact) mass is 468 g/mol. The van der Waals surface area contributed by atoms with Crippen LogP contribution in [-0.4, -0.2) is 70.2 Å². The molecule has 2 N–H and O–H groups in total. The Kier molecular flexibility index (Phi) is 7.58. The molecule has 33 heavy (non-hydrogen) atoms. The van der Waals surface area contributed by atoms with E-state index in [4.69, 9.17) is 9.90 Å². The van der Waals surface area contributed by atoms with E-state index < -0.39 is 18.2 Å². The minimum atomic E-state index is -5.08. The van der Waals surface area contributed by atoms with Gasteiger partial charge in [0, 0.05) is 38.1 Å². The molecule has 1 aliphatic heterocycles. The lowest BCUT2D eigenvalue weighted by Gasteiger charge is -2.32. The molecule has 0 radical (unpaired) electrons. The maximum Gasteiger partial charge on any atom is 0.490 e. The highest BCUT2D eigenvalue weighted by atomic mass is 19.4. The van der Waals surface area contributed by atoms with E-state index in [0.29, 0.717) is 11.6 Å². The van der Waals surface area contributed by atoms with E-state index in [1.807, 2.05) is 29.2 Å². The first-order valence-corrected chi connectivity index (χ1v) is 10.1. The molecule has 1 fully saturated rings. The fourth-order valence-electron chi connectivity index (χ4n) is 3.24. The molecule has 4 rings (SSSR count). The Balaban J connectivity index is 0.000000383. The number of aliphatic hydroxyl groups excluding tert-OH is 1. The van der Waals surface area contributed by atoms with Gasteiger partial charge >= 0.3 is 12.1 Å². The van der Waals surface area contributed by atoms with Gasteiger partial charge in [-0.05, 0) is 31.7 Å². The number of hydrogen-bond donors (Lipinski definition) is 2. The topological polar surface area (TPSA) is 135 Å². The summed E-state index contributed by atoms with van der Waals surface area (Å²) in [5.41, 5.74) is 0.620. The van der Waals surface area contributed by atoms with Crippen LogP contribution in [0, 0.1) is 5.92 Å². The van der Waals surface area contributed by atoms with E-state index in [1.165, 1.54) is 0 Å². The van der Waals surface area contributed by atoms with Gasteiger partial charge in [0.2, 0.25) is 0 Å². The largest absolute Gasteiger partial charge is 0.490 e. The summed E-state index contributed by atoms with van der Waals surface area (Å²) in [6.07, 6.45) is 3.49. The zero-order chi connectivity index (χ0) is 24.0. The van der Waals surface area contributed by atoms with Crippen molar-refractivity contribution in [3.63, 3.8) is 0 Å². The third-order valence-corrected chi connectivity index (χ3v) is 4.99. The molecule has 0 aliphatic carbocycles. The smallest absolute Gasteiger partial charge is 0.475 e. The number of aliphatic carboxylic acids is 1. The van der Waals surface area contributed by atoms with Crippen LogP contribution in [0.3, 0.4) is 0 Å². The predicted molar refractivity (Wildman–Crippen MR) is 108 cm³/mol. The normalized spacial score (nSPS) is 15.6. The number of alkyl halides is 3. The molecule has 0 amide bonds. The summed E-state index contributed by atoms with van der Waals surface area (Å²) < 4.78 is 35.3. The van der Waals surface area contributed by atoms with Crippen molar-refractivity contribution in [3.05, 3.63) is 42.7 Å². The van der Waals surface area contributed by atoms with Crippen molar-refractivity contribution in [2.45, 2.75) is 38.6 Å². The molecule has 1 atom stereocenters. The number of nitrogens with zero attached hydrogens (tertiary/aromatic N) is 8. The lowest BCUT2D eigenvalue weighted by Crippen LogP contribution is -2.35. The van der Waals surface area contributed by atoms with Crippen molar-refractivity contribution in [1.29, 1.82) is 0 Å². The number of carboxylic acid groups (broad SMARTS) is 1. The number of anilines is 1. The molecule has 11 nitrogen and oxygen atoms in total.